The van der Waals surface area contributed by atoms with E-state index in [9.17, 15) is 0 Å². The number of hydrogen-bond acceptors (Lipinski definition) is 2. The van der Waals surface area contributed by atoms with E-state index >= 15 is 0 Å². The van der Waals surface area contributed by atoms with Gasteiger partial charge in [0.15, 0.2) is 0 Å². The van der Waals surface area contributed by atoms with E-state index in [-0.39, 0.29) is 5.41 Å². The van der Waals surface area contributed by atoms with Crippen molar-refractivity contribution in [2.24, 2.45) is 0 Å². The number of nitrogens with zero attached hydrogens (tertiary/aromatic N) is 1. The average molecular weight is 592 g/mol. The van der Waals surface area contributed by atoms with E-state index in [1.807, 2.05) is 0 Å². The SMILES string of the molecule is Cc1cccc2oc3c4ccccc4c(N(c4ccc(-c5ccccc5)cc4)c4ccc5c(c4)-c4ccccc4C5(C)C)cc3c12. The fourth-order valence-corrected chi connectivity index (χ4v) is 7.70. The maximum atomic E-state index is 6.56. The first-order valence-electron chi connectivity index (χ1n) is 16.0. The topological polar surface area (TPSA) is 16.4 Å². The lowest BCUT2D eigenvalue weighted by Gasteiger charge is -2.28. The quantitative estimate of drug-likeness (QED) is 0.202. The molecule has 7 aromatic carbocycles. The van der Waals surface area contributed by atoms with Gasteiger partial charge in [0.05, 0.1) is 5.69 Å². The van der Waals surface area contributed by atoms with Crippen molar-refractivity contribution in [3.8, 4) is 22.3 Å². The molecule has 0 saturated carbocycles. The molecule has 0 fully saturated rings. The van der Waals surface area contributed by atoms with Gasteiger partial charge in [-0.1, -0.05) is 123 Å². The van der Waals surface area contributed by atoms with Gasteiger partial charge in [0.25, 0.3) is 0 Å². The zero-order chi connectivity index (χ0) is 31.0. The van der Waals surface area contributed by atoms with Gasteiger partial charge < -0.3 is 9.32 Å². The first-order valence-corrected chi connectivity index (χ1v) is 16.0. The molecule has 0 amide bonds. The van der Waals surface area contributed by atoms with Crippen LogP contribution in [0.2, 0.25) is 0 Å². The van der Waals surface area contributed by atoms with Crippen LogP contribution in [-0.4, -0.2) is 0 Å². The van der Waals surface area contributed by atoms with Gasteiger partial charge in [0.2, 0.25) is 0 Å². The van der Waals surface area contributed by atoms with Crippen molar-refractivity contribution in [3.05, 3.63) is 162 Å². The zero-order valence-corrected chi connectivity index (χ0v) is 26.2. The molecular formula is C44H33NO. The molecule has 46 heavy (non-hydrogen) atoms. The highest BCUT2D eigenvalue weighted by Gasteiger charge is 2.35. The van der Waals surface area contributed by atoms with Gasteiger partial charge >= 0.3 is 0 Å². The van der Waals surface area contributed by atoms with Crippen LogP contribution in [0.1, 0.15) is 30.5 Å². The number of benzene rings is 7. The van der Waals surface area contributed by atoms with Gasteiger partial charge in [-0.2, -0.15) is 0 Å². The maximum Gasteiger partial charge on any atom is 0.143 e. The van der Waals surface area contributed by atoms with Crippen LogP contribution in [0.4, 0.5) is 17.1 Å². The monoisotopic (exact) mass is 591 g/mol. The number of fused-ring (bicyclic) bond motifs is 8. The summed E-state index contributed by atoms with van der Waals surface area (Å²) in [5.41, 5.74) is 14.2. The molecular weight excluding hydrogens is 558 g/mol. The van der Waals surface area contributed by atoms with Crippen LogP contribution in [0.15, 0.2) is 150 Å². The number of rotatable bonds is 4. The largest absolute Gasteiger partial charge is 0.455 e. The van der Waals surface area contributed by atoms with Crippen LogP contribution in [-0.2, 0) is 5.41 Å². The number of anilines is 3. The molecule has 9 rings (SSSR count). The van der Waals surface area contributed by atoms with E-state index in [0.717, 1.165) is 44.4 Å². The molecule has 1 aliphatic carbocycles. The molecule has 1 heterocycles. The summed E-state index contributed by atoms with van der Waals surface area (Å²) < 4.78 is 6.56. The van der Waals surface area contributed by atoms with Crippen LogP contribution >= 0.6 is 0 Å². The molecule has 1 aliphatic rings. The second-order valence-electron chi connectivity index (χ2n) is 13.0. The van der Waals surface area contributed by atoms with Crippen LogP contribution < -0.4 is 4.90 Å². The highest BCUT2D eigenvalue weighted by Crippen LogP contribution is 2.51. The summed E-state index contributed by atoms with van der Waals surface area (Å²) in [6.07, 6.45) is 0. The Balaban J connectivity index is 1.33. The normalized spacial score (nSPS) is 13.3. The van der Waals surface area contributed by atoms with Crippen molar-refractivity contribution >= 4 is 49.8 Å². The lowest BCUT2D eigenvalue weighted by atomic mass is 9.82. The molecule has 0 spiro atoms. The lowest BCUT2D eigenvalue weighted by molar-refractivity contribution is 0.660. The van der Waals surface area contributed by atoms with Crippen molar-refractivity contribution in [2.75, 3.05) is 4.90 Å². The maximum absolute atomic E-state index is 6.56. The van der Waals surface area contributed by atoms with Gasteiger partial charge in [-0.3, -0.25) is 0 Å². The standard InChI is InChI=1S/C44H33NO/c1-28-12-11-19-41-42(28)37-27-40(34-16-7-8-17-35(34)43(37)46-41)45(31-22-20-30(21-23-31)29-13-5-4-6-14-29)32-24-25-39-36(26-32)33-15-9-10-18-38(33)44(39,2)3/h4-27H,1-3H3. The number of furan rings is 1. The second-order valence-corrected chi connectivity index (χ2v) is 13.0. The molecule has 0 radical (unpaired) electrons. The van der Waals surface area contributed by atoms with E-state index < -0.39 is 0 Å². The van der Waals surface area contributed by atoms with Crippen LogP contribution in [0.25, 0.3) is 55.0 Å². The Kier molecular flexibility index (Phi) is 5.79. The van der Waals surface area contributed by atoms with E-state index in [0.29, 0.717) is 0 Å². The molecule has 0 aliphatic heterocycles. The van der Waals surface area contributed by atoms with Crippen molar-refractivity contribution in [1.82, 2.24) is 0 Å². The minimum atomic E-state index is -0.0501. The zero-order valence-electron chi connectivity index (χ0n) is 26.2. The molecule has 2 heteroatoms. The third-order valence-corrected chi connectivity index (χ3v) is 9.99. The molecule has 220 valence electrons. The van der Waals surface area contributed by atoms with Crippen LogP contribution in [0, 0.1) is 6.92 Å². The Hall–Kier alpha value is -5.60. The summed E-state index contributed by atoms with van der Waals surface area (Å²) in [4.78, 5) is 2.43. The minimum Gasteiger partial charge on any atom is -0.455 e. The Bertz CT molecular complexity index is 2450. The van der Waals surface area contributed by atoms with Gasteiger partial charge in [0, 0.05) is 38.3 Å². The second kappa shape index (κ2) is 9.95. The molecule has 0 unspecified atom stereocenters. The van der Waals surface area contributed by atoms with Gasteiger partial charge in [-0.25, -0.2) is 0 Å². The number of aryl methyl sites for hydroxylation is 1. The highest BCUT2D eigenvalue weighted by atomic mass is 16.3. The first kappa shape index (κ1) is 26.8. The average Bonchev–Trinajstić information content (AvgIpc) is 3.59. The Morgan fingerprint density at radius 2 is 1.20 bits per heavy atom. The summed E-state index contributed by atoms with van der Waals surface area (Å²) in [6.45, 7) is 6.85. The fourth-order valence-electron chi connectivity index (χ4n) is 7.70. The van der Waals surface area contributed by atoms with Crippen molar-refractivity contribution in [2.45, 2.75) is 26.2 Å². The Morgan fingerprint density at radius 1 is 0.522 bits per heavy atom. The van der Waals surface area contributed by atoms with Crippen molar-refractivity contribution < 1.29 is 4.42 Å². The third kappa shape index (κ3) is 3.90. The van der Waals surface area contributed by atoms with Crippen LogP contribution in [0.3, 0.4) is 0 Å². The Labute approximate surface area is 269 Å². The third-order valence-electron chi connectivity index (χ3n) is 9.99. The van der Waals surface area contributed by atoms with E-state index in [1.165, 1.54) is 44.3 Å². The molecule has 0 saturated heterocycles. The van der Waals surface area contributed by atoms with Gasteiger partial charge in [-0.05, 0) is 82.3 Å². The molecule has 2 nitrogen and oxygen atoms in total. The predicted molar refractivity (Wildman–Crippen MR) is 194 cm³/mol. The summed E-state index contributed by atoms with van der Waals surface area (Å²) in [6, 6.07) is 52.8. The lowest BCUT2D eigenvalue weighted by Crippen LogP contribution is -2.15. The summed E-state index contributed by atoms with van der Waals surface area (Å²) >= 11 is 0. The van der Waals surface area contributed by atoms with Gasteiger partial charge in [-0.15, -0.1) is 0 Å². The van der Waals surface area contributed by atoms with Crippen molar-refractivity contribution in [1.29, 1.82) is 0 Å². The molecule has 0 atom stereocenters. The summed E-state index contributed by atoms with van der Waals surface area (Å²) in [5, 5.41) is 4.58. The summed E-state index contributed by atoms with van der Waals surface area (Å²) in [7, 11) is 0. The number of hydrogen-bond donors (Lipinski definition) is 0. The van der Waals surface area contributed by atoms with Crippen LogP contribution in [0.5, 0.6) is 0 Å². The van der Waals surface area contributed by atoms with Gasteiger partial charge in [0.1, 0.15) is 11.2 Å². The van der Waals surface area contributed by atoms with Crippen molar-refractivity contribution in [3.63, 3.8) is 0 Å². The predicted octanol–water partition coefficient (Wildman–Crippen LogP) is 12.5. The minimum absolute atomic E-state index is 0.0501. The molecule has 0 bridgehead atoms. The smallest absolute Gasteiger partial charge is 0.143 e. The highest BCUT2D eigenvalue weighted by molar-refractivity contribution is 6.20. The molecule has 0 N–H and O–H groups in total. The van der Waals surface area contributed by atoms with E-state index in [2.05, 4.69) is 171 Å². The summed E-state index contributed by atoms with van der Waals surface area (Å²) in [5.74, 6) is 0. The molecule has 8 aromatic rings. The van der Waals surface area contributed by atoms with E-state index in [4.69, 9.17) is 4.42 Å². The Morgan fingerprint density at radius 3 is 2.02 bits per heavy atom. The first-order chi connectivity index (χ1) is 22.5. The van der Waals surface area contributed by atoms with E-state index in [1.54, 1.807) is 0 Å². The molecule has 1 aromatic heterocycles. The fraction of sp³-hybridized carbons (Fsp3) is 0.0909.